The quantitative estimate of drug-likeness (QED) is 0.257. The second-order valence-corrected chi connectivity index (χ2v) is 9.47. The van der Waals surface area contributed by atoms with Crippen LogP contribution in [0.4, 0.5) is 8.78 Å². The molecule has 0 spiro atoms. The third kappa shape index (κ3) is 6.66. The summed E-state index contributed by atoms with van der Waals surface area (Å²) in [6, 6.07) is 7.27. The molecule has 1 unspecified atom stereocenters. The van der Waals surface area contributed by atoms with Crippen LogP contribution < -0.4 is 5.32 Å². The molecule has 0 saturated carbocycles. The molecule has 0 bridgehead atoms. The number of hydrogen-bond donors (Lipinski definition) is 1. The fraction of sp³-hybridized carbons (Fsp3) is 0.444. The second-order valence-electron chi connectivity index (χ2n) is 9.47. The van der Waals surface area contributed by atoms with Gasteiger partial charge in [-0.25, -0.2) is 8.78 Å². The first kappa shape index (κ1) is 25.8. The number of likely N-dealkylation sites (tertiary alicyclic amines) is 2. The lowest BCUT2D eigenvalue weighted by molar-refractivity contribution is -0.142. The van der Waals surface area contributed by atoms with Crippen LogP contribution in [-0.4, -0.2) is 59.1 Å². The van der Waals surface area contributed by atoms with Crippen molar-refractivity contribution in [3.63, 3.8) is 0 Å². The monoisotopic (exact) mass is 499 g/mol. The van der Waals surface area contributed by atoms with Crippen molar-refractivity contribution in [1.29, 1.82) is 0 Å². The van der Waals surface area contributed by atoms with Gasteiger partial charge in [-0.2, -0.15) is 0 Å². The van der Waals surface area contributed by atoms with Crippen molar-refractivity contribution in [2.24, 2.45) is 0 Å². The SMILES string of the molecule is C=C(/C=C\C=C1/CCN(C2CCC(=O)NC2=O)C1=O)OCc1ccc(CN2CCC(F)(F)CC2)cc1. The van der Waals surface area contributed by atoms with Crippen molar-refractivity contribution in [1.82, 2.24) is 15.1 Å². The van der Waals surface area contributed by atoms with E-state index in [-0.39, 0.29) is 31.1 Å². The first-order chi connectivity index (χ1) is 17.2. The van der Waals surface area contributed by atoms with Gasteiger partial charge in [-0.15, -0.1) is 0 Å². The largest absolute Gasteiger partial charge is 0.490 e. The van der Waals surface area contributed by atoms with Gasteiger partial charge in [0.1, 0.15) is 18.4 Å². The molecule has 3 amide bonds. The van der Waals surface area contributed by atoms with Gasteiger partial charge in [0.25, 0.3) is 11.8 Å². The molecule has 9 heteroatoms. The minimum absolute atomic E-state index is 0.0858. The molecule has 3 heterocycles. The predicted octanol–water partition coefficient (Wildman–Crippen LogP) is 3.47. The van der Waals surface area contributed by atoms with Crippen LogP contribution in [0.5, 0.6) is 0 Å². The summed E-state index contributed by atoms with van der Waals surface area (Å²) >= 11 is 0. The number of imide groups is 1. The molecule has 3 fully saturated rings. The van der Waals surface area contributed by atoms with Gasteiger partial charge in [-0.1, -0.05) is 43.0 Å². The van der Waals surface area contributed by atoms with Crippen LogP contribution in [-0.2, 0) is 32.3 Å². The van der Waals surface area contributed by atoms with Crippen molar-refractivity contribution >= 4 is 17.7 Å². The van der Waals surface area contributed by atoms with Crippen molar-refractivity contribution in [2.45, 2.75) is 57.2 Å². The molecule has 7 nitrogen and oxygen atoms in total. The van der Waals surface area contributed by atoms with Crippen LogP contribution in [0.25, 0.3) is 0 Å². The Morgan fingerprint density at radius 3 is 2.47 bits per heavy atom. The Morgan fingerprint density at radius 1 is 1.08 bits per heavy atom. The van der Waals surface area contributed by atoms with Crippen molar-refractivity contribution < 1.29 is 27.9 Å². The Morgan fingerprint density at radius 2 is 1.78 bits per heavy atom. The van der Waals surface area contributed by atoms with Gasteiger partial charge in [0.2, 0.25) is 11.8 Å². The number of amides is 3. The van der Waals surface area contributed by atoms with E-state index in [1.165, 1.54) is 4.90 Å². The van der Waals surface area contributed by atoms with Crippen LogP contribution in [0.15, 0.2) is 60.4 Å². The van der Waals surface area contributed by atoms with E-state index in [0.717, 1.165) is 11.1 Å². The number of ether oxygens (including phenoxy) is 1. The molecular weight excluding hydrogens is 468 g/mol. The molecule has 4 rings (SSSR count). The Balaban J connectivity index is 1.21. The molecule has 0 radical (unpaired) electrons. The Labute approximate surface area is 209 Å². The van der Waals surface area contributed by atoms with Gasteiger partial charge in [0.05, 0.1) is 0 Å². The normalized spacial score (nSPS) is 23.9. The highest BCUT2D eigenvalue weighted by atomic mass is 19.3. The van der Waals surface area contributed by atoms with Gasteiger partial charge in [-0.3, -0.25) is 24.6 Å². The van der Waals surface area contributed by atoms with Crippen LogP contribution in [0.1, 0.15) is 43.2 Å². The summed E-state index contributed by atoms with van der Waals surface area (Å²) in [4.78, 5) is 39.6. The van der Waals surface area contributed by atoms with Gasteiger partial charge in [-0.05, 0) is 30.0 Å². The molecule has 192 valence electrons. The van der Waals surface area contributed by atoms with Gasteiger partial charge < -0.3 is 9.64 Å². The molecule has 1 aromatic rings. The van der Waals surface area contributed by atoms with Crippen LogP contribution in [0.2, 0.25) is 0 Å². The third-order valence-electron chi connectivity index (χ3n) is 6.76. The smallest absolute Gasteiger partial charge is 0.250 e. The average molecular weight is 500 g/mol. The minimum Gasteiger partial charge on any atom is -0.490 e. The van der Waals surface area contributed by atoms with Gasteiger partial charge >= 0.3 is 0 Å². The van der Waals surface area contributed by atoms with E-state index in [4.69, 9.17) is 4.74 Å². The summed E-state index contributed by atoms with van der Waals surface area (Å²) in [7, 11) is 0. The highest BCUT2D eigenvalue weighted by molar-refractivity contribution is 6.04. The zero-order valence-corrected chi connectivity index (χ0v) is 20.2. The van der Waals surface area contributed by atoms with E-state index >= 15 is 0 Å². The summed E-state index contributed by atoms with van der Waals surface area (Å²) in [5.41, 5.74) is 2.63. The lowest BCUT2D eigenvalue weighted by Crippen LogP contribution is -2.52. The maximum Gasteiger partial charge on any atom is 0.250 e. The maximum atomic E-state index is 13.3. The number of carbonyl (C=O) groups is 3. The number of carbonyl (C=O) groups excluding carboxylic acids is 3. The summed E-state index contributed by atoms with van der Waals surface area (Å²) in [6.45, 7) is 6.12. The number of hydrogen-bond acceptors (Lipinski definition) is 5. The lowest BCUT2D eigenvalue weighted by Gasteiger charge is -2.31. The molecule has 3 saturated heterocycles. The predicted molar refractivity (Wildman–Crippen MR) is 130 cm³/mol. The van der Waals surface area contributed by atoms with E-state index in [1.807, 2.05) is 29.2 Å². The fourth-order valence-corrected chi connectivity index (χ4v) is 4.60. The second kappa shape index (κ2) is 11.2. The molecule has 1 N–H and O–H groups in total. The van der Waals surface area contributed by atoms with E-state index in [9.17, 15) is 23.2 Å². The number of nitrogens with one attached hydrogen (secondary N) is 1. The zero-order valence-electron chi connectivity index (χ0n) is 20.2. The van der Waals surface area contributed by atoms with E-state index in [1.54, 1.807) is 18.2 Å². The number of rotatable bonds is 8. The molecule has 3 aliphatic rings. The Hall–Kier alpha value is -3.33. The van der Waals surface area contributed by atoms with Crippen molar-refractivity contribution in [2.75, 3.05) is 19.6 Å². The molecule has 0 aliphatic carbocycles. The third-order valence-corrected chi connectivity index (χ3v) is 6.76. The molecular formula is C27H31F2N3O4. The summed E-state index contributed by atoms with van der Waals surface area (Å²) in [6.07, 6.45) is 6.02. The fourth-order valence-electron chi connectivity index (χ4n) is 4.60. The number of halogens is 2. The van der Waals surface area contributed by atoms with Crippen molar-refractivity contribution in [3.8, 4) is 0 Å². The number of piperidine rings is 2. The van der Waals surface area contributed by atoms with Crippen molar-refractivity contribution in [3.05, 3.63) is 71.5 Å². The van der Waals surface area contributed by atoms with Crippen LogP contribution >= 0.6 is 0 Å². The standard InChI is InChI=1S/C27H31F2N3O4/c1-19(3-2-4-22-11-14-32(26(22)35)23-9-10-24(33)30-25(23)34)36-18-21-7-5-20(6-8-21)17-31-15-12-27(28,29)13-16-31/h2-8,23H,1,9-18H2,(H,30,33,34)/b3-2-,22-4+. The molecule has 1 atom stereocenters. The van der Waals surface area contributed by atoms with E-state index in [0.29, 0.717) is 57.0 Å². The number of alkyl halides is 2. The number of nitrogens with zero attached hydrogens (tertiary/aromatic N) is 2. The van der Waals surface area contributed by atoms with Crippen LogP contribution in [0.3, 0.4) is 0 Å². The first-order valence-electron chi connectivity index (χ1n) is 12.2. The Bertz CT molecular complexity index is 1070. The summed E-state index contributed by atoms with van der Waals surface area (Å²) in [5.74, 6) is -3.00. The molecule has 36 heavy (non-hydrogen) atoms. The van der Waals surface area contributed by atoms with E-state index < -0.39 is 17.9 Å². The molecule has 0 aromatic heterocycles. The highest BCUT2D eigenvalue weighted by Gasteiger charge is 2.38. The topological polar surface area (TPSA) is 79.0 Å². The molecule has 3 aliphatic heterocycles. The molecule has 1 aromatic carbocycles. The minimum atomic E-state index is -2.53. The first-order valence-corrected chi connectivity index (χ1v) is 12.2. The van der Waals surface area contributed by atoms with Gasteiger partial charge in [0.15, 0.2) is 0 Å². The summed E-state index contributed by atoms with van der Waals surface area (Å²) < 4.78 is 32.3. The average Bonchev–Trinajstić information content (AvgIpc) is 3.20. The lowest BCUT2D eigenvalue weighted by atomic mass is 10.0. The van der Waals surface area contributed by atoms with Gasteiger partial charge in [0, 0.05) is 51.0 Å². The zero-order chi connectivity index (χ0) is 25.7. The number of allylic oxidation sites excluding steroid dienone is 3. The summed E-state index contributed by atoms with van der Waals surface area (Å²) in [5, 5.41) is 2.29. The maximum absolute atomic E-state index is 13.3. The number of benzene rings is 1. The van der Waals surface area contributed by atoms with E-state index in [2.05, 4.69) is 11.9 Å². The highest BCUT2D eigenvalue weighted by Crippen LogP contribution is 2.28. The van der Waals surface area contributed by atoms with Crippen LogP contribution in [0, 0.1) is 0 Å². The Kier molecular flexibility index (Phi) is 7.98.